The van der Waals surface area contributed by atoms with Gasteiger partial charge in [0.1, 0.15) is 36.3 Å². The van der Waals surface area contributed by atoms with Gasteiger partial charge in [-0.05, 0) is 42.6 Å². The van der Waals surface area contributed by atoms with Crippen molar-refractivity contribution < 1.29 is 48.7 Å². The SMILES string of the molecule is CC(C)C[C@H](NC(=O)CNC(=O)[C@H](Cc1ccc([N+](=O)[O-])cc1)NC(=O)[C@@H](NC(=O)[C@@H](NC(=O)[C@@H](N)CO)C(C)C)C(C)C)C(=O)N[C@@H](CCCN=C(N)N)C(=O)O. The van der Waals surface area contributed by atoms with Crippen molar-refractivity contribution in [3.05, 3.63) is 39.9 Å². The van der Waals surface area contributed by atoms with Crippen LogP contribution in [0.4, 0.5) is 5.69 Å². The first-order valence-corrected chi connectivity index (χ1v) is 18.7. The summed E-state index contributed by atoms with van der Waals surface area (Å²) in [7, 11) is 0. The number of carbonyl (C=O) groups is 7. The smallest absolute Gasteiger partial charge is 0.326 e. The highest BCUT2D eigenvalue weighted by molar-refractivity contribution is 5.96. The van der Waals surface area contributed by atoms with Crippen molar-refractivity contribution in [1.82, 2.24) is 31.9 Å². The number of rotatable bonds is 25. The van der Waals surface area contributed by atoms with Crippen molar-refractivity contribution in [2.75, 3.05) is 19.7 Å². The van der Waals surface area contributed by atoms with Crippen LogP contribution in [0, 0.1) is 27.9 Å². The number of nitrogens with zero attached hydrogens (tertiary/aromatic N) is 2. The summed E-state index contributed by atoms with van der Waals surface area (Å²) in [5, 5.41) is 45.1. The molecule has 0 aliphatic carbocycles. The highest BCUT2D eigenvalue weighted by atomic mass is 16.6. The van der Waals surface area contributed by atoms with Gasteiger partial charge in [-0.2, -0.15) is 0 Å². The zero-order chi connectivity index (χ0) is 44.3. The van der Waals surface area contributed by atoms with Crippen molar-refractivity contribution in [2.45, 2.75) is 103 Å². The van der Waals surface area contributed by atoms with Crippen molar-refractivity contribution in [2.24, 2.45) is 39.9 Å². The van der Waals surface area contributed by atoms with Crippen LogP contribution in [0.25, 0.3) is 0 Å². The van der Waals surface area contributed by atoms with E-state index in [9.17, 15) is 53.9 Å². The number of carboxylic acids is 1. The summed E-state index contributed by atoms with van der Waals surface area (Å²) in [4.78, 5) is 106. The number of aliphatic hydroxyl groups excluding tert-OH is 1. The van der Waals surface area contributed by atoms with E-state index < -0.39 is 108 Å². The second-order valence-corrected chi connectivity index (χ2v) is 14.8. The van der Waals surface area contributed by atoms with Crippen LogP contribution in [0.2, 0.25) is 0 Å². The fraction of sp³-hybridized carbons (Fsp3) is 0.611. The molecule has 14 N–H and O–H groups in total. The number of non-ortho nitro benzene ring substituents is 1. The van der Waals surface area contributed by atoms with Gasteiger partial charge in [-0.25, -0.2) is 4.79 Å². The predicted octanol–water partition coefficient (Wildman–Crippen LogP) is -2.51. The first kappa shape index (κ1) is 50.1. The van der Waals surface area contributed by atoms with Gasteiger partial charge in [-0.1, -0.05) is 53.7 Å². The summed E-state index contributed by atoms with van der Waals surface area (Å²) in [5.41, 5.74) is 16.3. The minimum Gasteiger partial charge on any atom is -0.480 e. The van der Waals surface area contributed by atoms with Gasteiger partial charge in [0.05, 0.1) is 18.1 Å². The van der Waals surface area contributed by atoms with Crippen molar-refractivity contribution in [3.63, 3.8) is 0 Å². The second-order valence-electron chi connectivity index (χ2n) is 14.8. The Hall–Kier alpha value is -5.90. The van der Waals surface area contributed by atoms with E-state index in [2.05, 4.69) is 36.9 Å². The maximum atomic E-state index is 13.7. The summed E-state index contributed by atoms with van der Waals surface area (Å²) >= 11 is 0. The highest BCUT2D eigenvalue weighted by Gasteiger charge is 2.34. The van der Waals surface area contributed by atoms with Gasteiger partial charge in [-0.3, -0.25) is 43.9 Å². The number of nitro groups is 1. The van der Waals surface area contributed by atoms with E-state index >= 15 is 0 Å². The molecule has 0 saturated heterocycles. The van der Waals surface area contributed by atoms with Crippen LogP contribution in [0.3, 0.4) is 0 Å². The van der Waals surface area contributed by atoms with Gasteiger partial charge in [0.2, 0.25) is 35.4 Å². The number of aliphatic imine (C=N–C) groups is 1. The van der Waals surface area contributed by atoms with Crippen LogP contribution in [-0.4, -0.2) is 118 Å². The second kappa shape index (κ2) is 24.7. The molecule has 6 amide bonds. The Morgan fingerprint density at radius 2 is 1.29 bits per heavy atom. The predicted molar refractivity (Wildman–Crippen MR) is 211 cm³/mol. The fourth-order valence-electron chi connectivity index (χ4n) is 5.39. The summed E-state index contributed by atoms with van der Waals surface area (Å²) in [5.74, 6) is -7.42. The number of aliphatic hydroxyl groups is 1. The quantitative estimate of drug-likeness (QED) is 0.0160. The molecule has 58 heavy (non-hydrogen) atoms. The fourth-order valence-corrected chi connectivity index (χ4v) is 5.39. The molecule has 22 nitrogen and oxygen atoms in total. The average Bonchev–Trinajstić information content (AvgIpc) is 3.14. The standard InChI is InChI=1S/C36H59N11O11/c1-18(2)14-25(32(52)43-24(35(55)56)8-7-13-40-36(38)39)42-27(49)16-41-31(51)26(15-21-9-11-22(12-10-21)47(57)58)44-33(53)28(19(3)4)46-34(54)29(20(5)6)45-30(50)23(37)17-48/h9-12,18-20,23-26,28-29,48H,7-8,13-17,37H2,1-6H3,(H,41,51)(H,42,49)(H,43,52)(H,44,53)(H,45,50)(H,46,54)(H,55,56)(H4,38,39,40)/t23-,24-,25-,26-,28-,29-/m0/s1. The minimum absolute atomic E-state index is 0.00627. The number of hydrogen-bond acceptors (Lipinski definition) is 12. The van der Waals surface area contributed by atoms with Gasteiger partial charge < -0.3 is 59.3 Å². The number of benzene rings is 1. The van der Waals surface area contributed by atoms with E-state index in [-0.39, 0.29) is 49.8 Å². The van der Waals surface area contributed by atoms with Crippen molar-refractivity contribution in [3.8, 4) is 0 Å². The minimum atomic E-state index is -1.40. The molecule has 324 valence electrons. The van der Waals surface area contributed by atoms with Crippen LogP contribution in [0.1, 0.15) is 66.4 Å². The van der Waals surface area contributed by atoms with Gasteiger partial charge in [0.15, 0.2) is 5.96 Å². The maximum absolute atomic E-state index is 13.7. The molecule has 0 bridgehead atoms. The summed E-state index contributed by atoms with van der Waals surface area (Å²) in [6.45, 7) is 8.88. The Balaban J connectivity index is 3.24. The van der Waals surface area contributed by atoms with Crippen LogP contribution in [0.15, 0.2) is 29.3 Å². The molecule has 0 aliphatic heterocycles. The molecule has 22 heteroatoms. The zero-order valence-corrected chi connectivity index (χ0v) is 33.7. The molecular weight excluding hydrogens is 762 g/mol. The largest absolute Gasteiger partial charge is 0.480 e. The number of aliphatic carboxylic acids is 1. The molecule has 6 atom stereocenters. The number of amides is 6. The first-order valence-electron chi connectivity index (χ1n) is 18.7. The molecule has 1 aromatic carbocycles. The molecule has 1 aromatic rings. The first-order chi connectivity index (χ1) is 27.1. The highest BCUT2D eigenvalue weighted by Crippen LogP contribution is 2.15. The Morgan fingerprint density at radius 1 is 0.759 bits per heavy atom. The van der Waals surface area contributed by atoms with Gasteiger partial charge in [0.25, 0.3) is 5.69 Å². The maximum Gasteiger partial charge on any atom is 0.326 e. The number of nitro benzene ring substituents is 1. The Morgan fingerprint density at radius 3 is 1.78 bits per heavy atom. The van der Waals surface area contributed by atoms with E-state index in [1.807, 2.05) is 0 Å². The third kappa shape index (κ3) is 17.9. The summed E-state index contributed by atoms with van der Waals surface area (Å²) < 4.78 is 0. The summed E-state index contributed by atoms with van der Waals surface area (Å²) in [6.07, 6.45) is 0.135. The monoisotopic (exact) mass is 821 g/mol. The molecule has 0 spiro atoms. The Bertz CT molecular complexity index is 1620. The molecule has 0 unspecified atom stereocenters. The zero-order valence-electron chi connectivity index (χ0n) is 33.7. The number of hydrogen-bond donors (Lipinski definition) is 11. The van der Waals surface area contributed by atoms with Gasteiger partial charge >= 0.3 is 5.97 Å². The van der Waals surface area contributed by atoms with E-state index in [1.165, 1.54) is 24.3 Å². The molecule has 0 radical (unpaired) electrons. The Kier molecular flexibility index (Phi) is 21.3. The number of guanidine groups is 1. The molecule has 0 fully saturated rings. The lowest BCUT2D eigenvalue weighted by Gasteiger charge is -2.29. The van der Waals surface area contributed by atoms with Gasteiger partial charge in [-0.15, -0.1) is 0 Å². The molecule has 0 heterocycles. The lowest BCUT2D eigenvalue weighted by molar-refractivity contribution is -0.384. The van der Waals surface area contributed by atoms with Crippen LogP contribution < -0.4 is 49.1 Å². The van der Waals surface area contributed by atoms with Crippen LogP contribution in [0.5, 0.6) is 0 Å². The lowest BCUT2D eigenvalue weighted by atomic mass is 9.98. The normalized spacial score (nSPS) is 14.2. The van der Waals surface area contributed by atoms with Gasteiger partial charge in [0, 0.05) is 25.1 Å². The van der Waals surface area contributed by atoms with E-state index in [1.54, 1.807) is 41.5 Å². The van der Waals surface area contributed by atoms with E-state index in [4.69, 9.17) is 17.2 Å². The number of carboxylic acid groups (broad SMARTS) is 1. The molecule has 0 aromatic heterocycles. The average molecular weight is 822 g/mol. The van der Waals surface area contributed by atoms with Crippen molar-refractivity contribution >= 4 is 53.1 Å². The Labute approximate surface area is 336 Å². The van der Waals surface area contributed by atoms with Crippen molar-refractivity contribution in [1.29, 1.82) is 0 Å². The third-order valence-corrected chi connectivity index (χ3v) is 8.59. The van der Waals surface area contributed by atoms with E-state index in [0.29, 0.717) is 5.56 Å². The lowest BCUT2D eigenvalue weighted by Crippen LogP contribution is -2.60. The molecular formula is C36H59N11O11. The third-order valence-electron chi connectivity index (χ3n) is 8.59. The van der Waals surface area contributed by atoms with Crippen LogP contribution in [-0.2, 0) is 40.0 Å². The molecule has 0 saturated carbocycles. The number of nitrogens with two attached hydrogens (primary N) is 3. The summed E-state index contributed by atoms with van der Waals surface area (Å²) in [6, 6.07) is -2.40. The number of carbonyl (C=O) groups excluding carboxylic acids is 6. The molecule has 1 rings (SSSR count). The topological polar surface area (TPSA) is 366 Å². The van der Waals surface area contributed by atoms with Crippen LogP contribution >= 0.6 is 0 Å². The van der Waals surface area contributed by atoms with E-state index in [0.717, 1.165) is 0 Å². The number of nitrogens with one attached hydrogen (secondary N) is 6. The molecule has 0 aliphatic rings.